The third-order valence-electron chi connectivity index (χ3n) is 7.06. The van der Waals surface area contributed by atoms with Crippen LogP contribution in [0.3, 0.4) is 0 Å². The molecule has 0 saturated heterocycles. The Bertz CT molecular complexity index is 349. The Balaban J connectivity index is 5.35. The van der Waals surface area contributed by atoms with Crippen molar-refractivity contribution in [2.75, 3.05) is 13.1 Å². The number of rotatable bonds is 25. The van der Waals surface area contributed by atoms with Crippen molar-refractivity contribution in [3.8, 4) is 0 Å². The van der Waals surface area contributed by atoms with Gasteiger partial charge in [0.05, 0.1) is 24.4 Å². The molecule has 5 heteroatoms. The molecule has 34 heavy (non-hydrogen) atoms. The van der Waals surface area contributed by atoms with Crippen LogP contribution in [0.4, 0.5) is 0 Å². The third kappa shape index (κ3) is 19.0. The van der Waals surface area contributed by atoms with Crippen molar-refractivity contribution < 1.29 is 20.4 Å². The number of unbranched alkanes of at least 4 members (excludes halogenated alkanes) is 8. The van der Waals surface area contributed by atoms with Gasteiger partial charge in [0.15, 0.2) is 0 Å². The first-order chi connectivity index (χ1) is 16.4. The second-order valence-electron chi connectivity index (χ2n) is 10.7. The summed E-state index contributed by atoms with van der Waals surface area (Å²) in [4.78, 5) is 2.19. The second kappa shape index (κ2) is 23.2. The summed E-state index contributed by atoms with van der Waals surface area (Å²) in [6, 6.07) is -0.0325. The van der Waals surface area contributed by atoms with Gasteiger partial charge in [-0.1, -0.05) is 105 Å². The number of hydrogen-bond donors (Lipinski definition) is 4. The van der Waals surface area contributed by atoms with Gasteiger partial charge in [0.1, 0.15) is 0 Å². The number of aliphatic hydroxyl groups excluding tert-OH is 4. The van der Waals surface area contributed by atoms with Gasteiger partial charge in [-0.3, -0.25) is 4.90 Å². The Morgan fingerprint density at radius 1 is 0.441 bits per heavy atom. The average molecular weight is 488 g/mol. The predicted octanol–water partition coefficient (Wildman–Crippen LogP) is 6.20. The zero-order chi connectivity index (χ0) is 25.6. The van der Waals surface area contributed by atoms with Gasteiger partial charge in [0.25, 0.3) is 0 Å². The summed E-state index contributed by atoms with van der Waals surface area (Å²) in [6.07, 6.45) is 15.6. The van der Waals surface area contributed by atoms with Crippen LogP contribution in [0.2, 0.25) is 0 Å². The van der Waals surface area contributed by atoms with Crippen molar-refractivity contribution in [1.82, 2.24) is 4.90 Å². The Labute approximate surface area is 212 Å². The molecule has 0 aliphatic heterocycles. The van der Waals surface area contributed by atoms with Crippen LogP contribution >= 0.6 is 0 Å². The summed E-state index contributed by atoms with van der Waals surface area (Å²) in [5, 5.41) is 43.2. The second-order valence-corrected chi connectivity index (χ2v) is 10.7. The van der Waals surface area contributed by atoms with Crippen LogP contribution in [0.5, 0.6) is 0 Å². The van der Waals surface area contributed by atoms with E-state index in [4.69, 9.17) is 0 Å². The monoisotopic (exact) mass is 487 g/mol. The lowest BCUT2D eigenvalue weighted by Crippen LogP contribution is -2.47. The fourth-order valence-electron chi connectivity index (χ4n) is 4.87. The van der Waals surface area contributed by atoms with Crippen LogP contribution in [0.15, 0.2) is 0 Å². The summed E-state index contributed by atoms with van der Waals surface area (Å²) >= 11 is 0. The summed E-state index contributed by atoms with van der Waals surface area (Å²) < 4.78 is 0. The van der Waals surface area contributed by atoms with E-state index in [9.17, 15) is 20.4 Å². The predicted molar refractivity (Wildman–Crippen MR) is 145 cm³/mol. The molecule has 0 aromatic heterocycles. The maximum Gasteiger partial charge on any atom is 0.0667 e. The van der Waals surface area contributed by atoms with Crippen LogP contribution in [-0.4, -0.2) is 68.9 Å². The molecule has 0 amide bonds. The van der Waals surface area contributed by atoms with Crippen LogP contribution in [0, 0.1) is 0 Å². The highest BCUT2D eigenvalue weighted by Crippen LogP contribution is 2.22. The van der Waals surface area contributed by atoms with E-state index in [1.54, 1.807) is 0 Å². The van der Waals surface area contributed by atoms with E-state index < -0.39 is 24.4 Å². The summed E-state index contributed by atoms with van der Waals surface area (Å²) in [6.45, 7) is 9.68. The molecule has 0 aliphatic rings. The van der Waals surface area contributed by atoms with Crippen LogP contribution < -0.4 is 0 Å². The quantitative estimate of drug-likeness (QED) is 0.115. The fourth-order valence-corrected chi connectivity index (χ4v) is 4.87. The maximum atomic E-state index is 10.8. The zero-order valence-electron chi connectivity index (χ0n) is 23.3. The highest BCUT2D eigenvalue weighted by Gasteiger charge is 2.27. The van der Waals surface area contributed by atoms with E-state index in [-0.39, 0.29) is 6.04 Å². The molecule has 0 heterocycles. The van der Waals surface area contributed by atoms with Gasteiger partial charge in [-0.05, 0) is 38.5 Å². The van der Waals surface area contributed by atoms with Crippen molar-refractivity contribution in [2.45, 2.75) is 174 Å². The molecule has 0 spiro atoms. The van der Waals surface area contributed by atoms with Crippen LogP contribution in [0.1, 0.15) is 143 Å². The van der Waals surface area contributed by atoms with Gasteiger partial charge in [0.2, 0.25) is 0 Å². The first-order valence-corrected chi connectivity index (χ1v) is 14.8. The molecule has 4 N–H and O–H groups in total. The van der Waals surface area contributed by atoms with Crippen molar-refractivity contribution in [3.05, 3.63) is 0 Å². The molecular formula is C29H61NO4. The lowest BCUT2D eigenvalue weighted by atomic mass is 9.94. The first-order valence-electron chi connectivity index (χ1n) is 14.8. The molecule has 0 aliphatic carbocycles. The van der Waals surface area contributed by atoms with Gasteiger partial charge >= 0.3 is 0 Å². The van der Waals surface area contributed by atoms with Gasteiger partial charge in [0, 0.05) is 19.1 Å². The molecule has 4 unspecified atom stereocenters. The normalized spacial score (nSPS) is 16.5. The Kier molecular flexibility index (Phi) is 23.1. The standard InChI is InChI=1S/C29H61NO4/c1-5-9-13-17-26(31)21-25(22-27(32)18-14-10-6-2)30(23-28(33)19-15-11-7-3)24-29(34)20-16-12-8-4/h25-29,31-34H,5-24H2,1-4H3. The summed E-state index contributed by atoms with van der Waals surface area (Å²) in [5.74, 6) is 0. The van der Waals surface area contributed by atoms with E-state index in [1.165, 1.54) is 0 Å². The van der Waals surface area contributed by atoms with E-state index in [0.717, 1.165) is 103 Å². The third-order valence-corrected chi connectivity index (χ3v) is 7.06. The molecule has 0 bridgehead atoms. The topological polar surface area (TPSA) is 84.2 Å². The minimum atomic E-state index is -0.439. The molecule has 0 radical (unpaired) electrons. The number of hydrogen-bond acceptors (Lipinski definition) is 5. The highest BCUT2D eigenvalue weighted by atomic mass is 16.3. The van der Waals surface area contributed by atoms with Crippen molar-refractivity contribution in [3.63, 3.8) is 0 Å². The molecular weight excluding hydrogens is 426 g/mol. The van der Waals surface area contributed by atoms with Gasteiger partial charge in [-0.2, -0.15) is 0 Å². The Hall–Kier alpha value is -0.200. The van der Waals surface area contributed by atoms with Crippen molar-refractivity contribution in [1.29, 1.82) is 0 Å². The van der Waals surface area contributed by atoms with E-state index >= 15 is 0 Å². The first kappa shape index (κ1) is 33.8. The van der Waals surface area contributed by atoms with Crippen molar-refractivity contribution in [2.24, 2.45) is 0 Å². The minimum Gasteiger partial charge on any atom is -0.393 e. The Morgan fingerprint density at radius 3 is 1.03 bits per heavy atom. The molecule has 0 rings (SSSR count). The van der Waals surface area contributed by atoms with E-state index in [1.807, 2.05) is 0 Å². The van der Waals surface area contributed by atoms with Crippen LogP contribution in [-0.2, 0) is 0 Å². The fraction of sp³-hybridized carbons (Fsp3) is 1.00. The molecule has 5 nitrogen and oxygen atoms in total. The lowest BCUT2D eigenvalue weighted by Gasteiger charge is -2.37. The number of nitrogens with zero attached hydrogens (tertiary/aromatic N) is 1. The van der Waals surface area contributed by atoms with E-state index in [2.05, 4.69) is 32.6 Å². The smallest absolute Gasteiger partial charge is 0.0667 e. The van der Waals surface area contributed by atoms with Gasteiger partial charge in [-0.15, -0.1) is 0 Å². The molecule has 206 valence electrons. The van der Waals surface area contributed by atoms with Gasteiger partial charge < -0.3 is 20.4 Å². The largest absolute Gasteiger partial charge is 0.393 e. The minimum absolute atomic E-state index is 0.0325. The Morgan fingerprint density at radius 2 is 0.735 bits per heavy atom. The molecule has 4 atom stereocenters. The molecule has 0 aromatic rings. The molecule has 0 aromatic carbocycles. The van der Waals surface area contributed by atoms with E-state index in [0.29, 0.717) is 25.9 Å². The SMILES string of the molecule is CCCCCC(O)CC(CC(O)CCCCC)N(CC(O)CCCCC)CC(O)CCCCC. The highest BCUT2D eigenvalue weighted by molar-refractivity contribution is 4.82. The molecule has 0 saturated carbocycles. The number of aliphatic hydroxyl groups is 4. The molecule has 0 fully saturated rings. The van der Waals surface area contributed by atoms with Crippen LogP contribution in [0.25, 0.3) is 0 Å². The summed E-state index contributed by atoms with van der Waals surface area (Å²) in [5.41, 5.74) is 0. The van der Waals surface area contributed by atoms with Gasteiger partial charge in [-0.25, -0.2) is 0 Å². The van der Waals surface area contributed by atoms with Crippen molar-refractivity contribution >= 4 is 0 Å². The maximum absolute atomic E-state index is 10.8. The summed E-state index contributed by atoms with van der Waals surface area (Å²) in [7, 11) is 0. The lowest BCUT2D eigenvalue weighted by molar-refractivity contribution is 0.00167. The average Bonchev–Trinajstić information content (AvgIpc) is 2.79. The zero-order valence-corrected chi connectivity index (χ0v) is 23.3.